The lowest BCUT2D eigenvalue weighted by Crippen LogP contribution is -2.64. The second-order valence-corrected chi connectivity index (χ2v) is 4.99. The Hall–Kier alpha value is -1.69. The van der Waals surface area contributed by atoms with E-state index in [1.165, 1.54) is 6.33 Å². The van der Waals surface area contributed by atoms with Crippen molar-refractivity contribution in [2.45, 2.75) is 26.3 Å². The number of imide groups is 1. The van der Waals surface area contributed by atoms with Gasteiger partial charge in [0.25, 0.3) is 5.91 Å². The zero-order valence-corrected chi connectivity index (χ0v) is 11.1. The number of nitrogens with one attached hydrogen (secondary N) is 1. The van der Waals surface area contributed by atoms with Crippen LogP contribution in [0.25, 0.3) is 0 Å². The van der Waals surface area contributed by atoms with E-state index in [4.69, 9.17) is 11.6 Å². The second-order valence-electron chi connectivity index (χ2n) is 4.64. The van der Waals surface area contributed by atoms with Gasteiger partial charge in [-0.05, 0) is 20.8 Å². The van der Waals surface area contributed by atoms with Crippen LogP contribution in [0.4, 0.5) is 5.82 Å². The average molecular weight is 269 g/mol. The Labute approximate surface area is 109 Å². The van der Waals surface area contributed by atoms with Crippen molar-refractivity contribution in [2.75, 3.05) is 11.4 Å². The lowest BCUT2D eigenvalue weighted by atomic mass is 9.98. The number of rotatable bonds is 1. The molecule has 6 nitrogen and oxygen atoms in total. The molecule has 18 heavy (non-hydrogen) atoms. The molecule has 1 aliphatic rings. The van der Waals surface area contributed by atoms with Gasteiger partial charge in [-0.3, -0.25) is 14.9 Å². The molecule has 7 heteroatoms. The Balaban J connectivity index is 2.51. The Bertz CT molecular complexity index is 530. The van der Waals surface area contributed by atoms with E-state index in [9.17, 15) is 9.59 Å². The fraction of sp³-hybridized carbons (Fsp3) is 0.455. The molecule has 1 N–H and O–H groups in total. The highest BCUT2D eigenvalue weighted by Crippen LogP contribution is 2.29. The quantitative estimate of drug-likeness (QED) is 0.599. The summed E-state index contributed by atoms with van der Waals surface area (Å²) in [5, 5.41) is 2.62. The van der Waals surface area contributed by atoms with Gasteiger partial charge in [-0.15, -0.1) is 0 Å². The first-order chi connectivity index (χ1) is 8.34. The van der Waals surface area contributed by atoms with Crippen LogP contribution in [0.3, 0.4) is 0 Å². The van der Waals surface area contributed by atoms with Gasteiger partial charge in [-0.25, -0.2) is 9.97 Å². The summed E-state index contributed by atoms with van der Waals surface area (Å²) in [6, 6.07) is 0. The van der Waals surface area contributed by atoms with Gasteiger partial charge in [0.05, 0.1) is 6.54 Å². The number of piperazine rings is 1. The minimum atomic E-state index is -0.865. The van der Waals surface area contributed by atoms with Crippen LogP contribution in [0.1, 0.15) is 19.4 Å². The lowest BCUT2D eigenvalue weighted by Gasteiger charge is -2.41. The van der Waals surface area contributed by atoms with Crippen molar-refractivity contribution in [1.82, 2.24) is 15.3 Å². The van der Waals surface area contributed by atoms with E-state index in [-0.39, 0.29) is 18.4 Å². The zero-order chi connectivity index (χ0) is 13.5. The lowest BCUT2D eigenvalue weighted by molar-refractivity contribution is -0.135. The third-order valence-electron chi connectivity index (χ3n) is 3.04. The number of hydrogen-bond acceptors (Lipinski definition) is 5. The first-order valence-electron chi connectivity index (χ1n) is 5.43. The van der Waals surface area contributed by atoms with E-state index in [2.05, 4.69) is 15.3 Å². The topological polar surface area (TPSA) is 75.2 Å². The molecule has 96 valence electrons. The minimum Gasteiger partial charge on any atom is -0.333 e. The molecule has 2 heterocycles. The molecule has 1 saturated heterocycles. The van der Waals surface area contributed by atoms with Crippen molar-refractivity contribution in [3.05, 3.63) is 17.0 Å². The number of anilines is 1. The van der Waals surface area contributed by atoms with Crippen LogP contribution < -0.4 is 10.2 Å². The molecular formula is C11H13ClN4O2. The summed E-state index contributed by atoms with van der Waals surface area (Å²) in [5.74, 6) is -0.204. The van der Waals surface area contributed by atoms with Gasteiger partial charge in [-0.2, -0.15) is 0 Å². The van der Waals surface area contributed by atoms with E-state index in [1.54, 1.807) is 25.7 Å². The summed E-state index contributed by atoms with van der Waals surface area (Å²) in [4.78, 5) is 33.0. The molecule has 1 aromatic rings. The third kappa shape index (κ3) is 1.92. The van der Waals surface area contributed by atoms with Crippen LogP contribution in [0.5, 0.6) is 0 Å². The number of aromatic nitrogens is 2. The molecule has 0 radical (unpaired) electrons. The standard InChI is InChI=1S/C11H13ClN4O2/c1-6-8(12)13-5-14-9(6)16-4-7(17)15-10(18)11(16,2)3/h5H,4H2,1-3H3,(H,15,17,18). The summed E-state index contributed by atoms with van der Waals surface area (Å²) >= 11 is 5.94. The number of hydrogen-bond donors (Lipinski definition) is 1. The zero-order valence-electron chi connectivity index (χ0n) is 10.3. The Morgan fingerprint density at radius 2 is 2.06 bits per heavy atom. The average Bonchev–Trinajstić information content (AvgIpc) is 2.28. The van der Waals surface area contributed by atoms with E-state index >= 15 is 0 Å². The van der Waals surface area contributed by atoms with Gasteiger partial charge in [-0.1, -0.05) is 11.6 Å². The van der Waals surface area contributed by atoms with Crippen molar-refractivity contribution in [2.24, 2.45) is 0 Å². The van der Waals surface area contributed by atoms with Crippen molar-refractivity contribution in [3.8, 4) is 0 Å². The molecule has 0 atom stereocenters. The van der Waals surface area contributed by atoms with E-state index in [1.807, 2.05) is 0 Å². The smallest absolute Gasteiger partial charge is 0.251 e. The molecule has 0 aliphatic carbocycles. The van der Waals surface area contributed by atoms with Crippen LogP contribution in [0.15, 0.2) is 6.33 Å². The number of halogens is 1. The molecule has 1 fully saturated rings. The molecule has 1 aliphatic heterocycles. The predicted octanol–water partition coefficient (Wildman–Crippen LogP) is 0.680. The van der Waals surface area contributed by atoms with Crippen LogP contribution in [-0.4, -0.2) is 33.9 Å². The number of carbonyl (C=O) groups excluding carboxylic acids is 2. The molecule has 0 aromatic carbocycles. The van der Waals surface area contributed by atoms with E-state index in [0.29, 0.717) is 16.5 Å². The minimum absolute atomic E-state index is 0.0624. The maximum absolute atomic E-state index is 11.9. The highest BCUT2D eigenvalue weighted by molar-refractivity contribution is 6.30. The van der Waals surface area contributed by atoms with Crippen LogP contribution in [0, 0.1) is 6.92 Å². The van der Waals surface area contributed by atoms with Crippen molar-refractivity contribution in [1.29, 1.82) is 0 Å². The SMILES string of the molecule is Cc1c(Cl)ncnc1N1CC(=O)NC(=O)C1(C)C. The Morgan fingerprint density at radius 1 is 1.39 bits per heavy atom. The van der Waals surface area contributed by atoms with Gasteiger partial charge in [0.2, 0.25) is 5.91 Å². The van der Waals surface area contributed by atoms with Crippen molar-refractivity contribution >= 4 is 29.2 Å². The number of carbonyl (C=O) groups is 2. The van der Waals surface area contributed by atoms with Crippen LogP contribution in [0.2, 0.25) is 5.15 Å². The molecule has 0 spiro atoms. The predicted molar refractivity (Wildman–Crippen MR) is 66.4 cm³/mol. The monoisotopic (exact) mass is 268 g/mol. The summed E-state index contributed by atoms with van der Waals surface area (Å²) in [6.45, 7) is 5.27. The normalized spacial score (nSPS) is 18.8. The van der Waals surface area contributed by atoms with E-state index in [0.717, 1.165) is 0 Å². The molecule has 0 saturated carbocycles. The first-order valence-corrected chi connectivity index (χ1v) is 5.81. The molecular weight excluding hydrogens is 256 g/mol. The Kier molecular flexibility index (Phi) is 2.98. The number of nitrogens with zero attached hydrogens (tertiary/aromatic N) is 3. The van der Waals surface area contributed by atoms with E-state index < -0.39 is 5.54 Å². The largest absolute Gasteiger partial charge is 0.333 e. The maximum Gasteiger partial charge on any atom is 0.251 e. The summed E-state index contributed by atoms with van der Waals surface area (Å²) < 4.78 is 0. The van der Waals surface area contributed by atoms with Gasteiger partial charge in [0.15, 0.2) is 0 Å². The summed E-state index contributed by atoms with van der Waals surface area (Å²) in [6.07, 6.45) is 1.32. The highest BCUT2D eigenvalue weighted by Gasteiger charge is 2.42. The summed E-state index contributed by atoms with van der Waals surface area (Å²) in [5.41, 5.74) is -0.217. The van der Waals surface area contributed by atoms with Gasteiger partial charge in [0.1, 0.15) is 22.8 Å². The number of amides is 2. The van der Waals surface area contributed by atoms with Gasteiger partial charge >= 0.3 is 0 Å². The molecule has 0 bridgehead atoms. The molecule has 0 unspecified atom stereocenters. The fourth-order valence-electron chi connectivity index (χ4n) is 1.81. The molecule has 1 aromatic heterocycles. The van der Waals surface area contributed by atoms with Crippen molar-refractivity contribution < 1.29 is 9.59 Å². The molecule has 2 amide bonds. The van der Waals surface area contributed by atoms with Crippen molar-refractivity contribution in [3.63, 3.8) is 0 Å². The van der Waals surface area contributed by atoms with Gasteiger partial charge < -0.3 is 4.90 Å². The second kappa shape index (κ2) is 4.20. The van der Waals surface area contributed by atoms with Gasteiger partial charge in [0, 0.05) is 5.56 Å². The fourth-order valence-corrected chi connectivity index (χ4v) is 1.94. The van der Waals surface area contributed by atoms with Crippen LogP contribution >= 0.6 is 11.6 Å². The maximum atomic E-state index is 11.9. The molecule has 2 rings (SSSR count). The third-order valence-corrected chi connectivity index (χ3v) is 3.42. The van der Waals surface area contributed by atoms with Crippen LogP contribution in [-0.2, 0) is 9.59 Å². The Morgan fingerprint density at radius 3 is 2.72 bits per heavy atom. The first kappa shape index (κ1) is 12.8. The summed E-state index contributed by atoms with van der Waals surface area (Å²) in [7, 11) is 0. The highest BCUT2D eigenvalue weighted by atomic mass is 35.5.